The number of hydrogen-bond donors (Lipinski definition) is 2. The molecule has 8 nitrogen and oxygen atoms in total. The average molecular weight is 400 g/mol. The second kappa shape index (κ2) is 11.0. The largest absolute Gasteiger partial charge is 0.467 e. The fourth-order valence-electron chi connectivity index (χ4n) is 2.72. The minimum Gasteiger partial charge on any atom is -0.467 e. The molecular weight excluding hydrogens is 372 g/mol. The Morgan fingerprint density at radius 1 is 1.03 bits per heavy atom. The monoisotopic (exact) mass is 400 g/mol. The zero-order chi connectivity index (χ0) is 21.2. The summed E-state index contributed by atoms with van der Waals surface area (Å²) in [4.78, 5) is 40.3. The summed E-state index contributed by atoms with van der Waals surface area (Å²) in [6.45, 7) is 3.10. The molecule has 0 atom stereocenters. The van der Waals surface area contributed by atoms with E-state index in [9.17, 15) is 14.4 Å². The van der Waals surface area contributed by atoms with Crippen LogP contribution in [0.3, 0.4) is 0 Å². The van der Waals surface area contributed by atoms with E-state index in [1.165, 1.54) is 4.90 Å². The van der Waals surface area contributed by atoms with Crippen LogP contribution in [0.4, 0.5) is 5.69 Å². The first-order valence-electron chi connectivity index (χ1n) is 9.52. The molecule has 0 unspecified atom stereocenters. The van der Waals surface area contributed by atoms with Crippen molar-refractivity contribution in [2.45, 2.75) is 19.9 Å². The van der Waals surface area contributed by atoms with Crippen LogP contribution in [0.1, 0.15) is 29.5 Å². The van der Waals surface area contributed by atoms with Gasteiger partial charge in [0.05, 0.1) is 37.1 Å². The number of para-hydroxylation sites is 1. The normalized spacial score (nSPS) is 10.6. The van der Waals surface area contributed by atoms with Crippen molar-refractivity contribution >= 4 is 23.4 Å². The molecule has 3 amide bonds. The zero-order valence-electron chi connectivity index (χ0n) is 17.1. The van der Waals surface area contributed by atoms with E-state index in [0.717, 1.165) is 6.42 Å². The van der Waals surface area contributed by atoms with E-state index in [0.29, 0.717) is 23.6 Å². The Morgan fingerprint density at radius 3 is 2.45 bits per heavy atom. The standard InChI is InChI=1S/C21H28N4O4/c1-4-11-25(15-20(27)24(2)3)14-19(26)23-18-10-6-5-9-17(18)21(28)22-13-16-8-7-12-29-16/h5-10,12H,4,11,13-15H2,1-3H3,(H,22,28)(H,23,26). The summed E-state index contributed by atoms with van der Waals surface area (Å²) in [6, 6.07) is 10.3. The van der Waals surface area contributed by atoms with E-state index >= 15 is 0 Å². The van der Waals surface area contributed by atoms with E-state index in [1.54, 1.807) is 61.7 Å². The van der Waals surface area contributed by atoms with E-state index in [2.05, 4.69) is 10.6 Å². The number of nitrogens with one attached hydrogen (secondary N) is 2. The molecule has 2 aromatic rings. The Kier molecular flexibility index (Phi) is 8.42. The lowest BCUT2D eigenvalue weighted by Crippen LogP contribution is -2.41. The molecule has 0 aliphatic rings. The number of anilines is 1. The number of likely N-dealkylation sites (N-methyl/N-ethyl adjacent to an activating group) is 1. The highest BCUT2D eigenvalue weighted by molar-refractivity contribution is 6.04. The Balaban J connectivity index is 2.00. The second-order valence-electron chi connectivity index (χ2n) is 6.85. The Hall–Kier alpha value is -3.13. The number of hydrogen-bond acceptors (Lipinski definition) is 5. The van der Waals surface area contributed by atoms with Crippen LogP contribution < -0.4 is 10.6 Å². The quantitative estimate of drug-likeness (QED) is 0.636. The molecule has 1 aromatic carbocycles. The highest BCUT2D eigenvalue weighted by Gasteiger charge is 2.17. The number of rotatable bonds is 10. The van der Waals surface area contributed by atoms with Crippen molar-refractivity contribution in [1.82, 2.24) is 15.1 Å². The topological polar surface area (TPSA) is 94.9 Å². The summed E-state index contributed by atoms with van der Waals surface area (Å²) in [6.07, 6.45) is 2.36. The Morgan fingerprint density at radius 2 is 1.79 bits per heavy atom. The summed E-state index contributed by atoms with van der Waals surface area (Å²) in [5.74, 6) is -0.0219. The maximum Gasteiger partial charge on any atom is 0.253 e. The van der Waals surface area contributed by atoms with Crippen molar-refractivity contribution in [3.63, 3.8) is 0 Å². The molecule has 0 aliphatic carbocycles. The molecule has 0 fully saturated rings. The van der Waals surface area contributed by atoms with Gasteiger partial charge in [0, 0.05) is 14.1 Å². The third kappa shape index (κ3) is 7.08. The second-order valence-corrected chi connectivity index (χ2v) is 6.85. The first-order valence-corrected chi connectivity index (χ1v) is 9.52. The van der Waals surface area contributed by atoms with Crippen LogP contribution in [0.5, 0.6) is 0 Å². The van der Waals surface area contributed by atoms with Crippen molar-refractivity contribution in [2.75, 3.05) is 39.0 Å². The smallest absolute Gasteiger partial charge is 0.253 e. The molecule has 0 saturated heterocycles. The van der Waals surface area contributed by atoms with Gasteiger partial charge in [0.1, 0.15) is 5.76 Å². The predicted octanol–water partition coefficient (Wildman–Crippen LogP) is 1.95. The maximum atomic E-state index is 12.5. The van der Waals surface area contributed by atoms with Crippen molar-refractivity contribution < 1.29 is 18.8 Å². The van der Waals surface area contributed by atoms with Crippen LogP contribution in [-0.4, -0.2) is 61.3 Å². The molecule has 2 N–H and O–H groups in total. The minimum atomic E-state index is -0.314. The van der Waals surface area contributed by atoms with Crippen molar-refractivity contribution in [1.29, 1.82) is 0 Å². The molecule has 0 radical (unpaired) electrons. The van der Waals surface area contributed by atoms with Gasteiger partial charge in [0.2, 0.25) is 11.8 Å². The van der Waals surface area contributed by atoms with E-state index < -0.39 is 0 Å². The number of amides is 3. The van der Waals surface area contributed by atoms with Gasteiger partial charge in [-0.3, -0.25) is 19.3 Å². The van der Waals surface area contributed by atoms with Crippen molar-refractivity contribution in [3.8, 4) is 0 Å². The van der Waals surface area contributed by atoms with Gasteiger partial charge in [0.15, 0.2) is 0 Å². The van der Waals surface area contributed by atoms with Crippen LogP contribution >= 0.6 is 0 Å². The van der Waals surface area contributed by atoms with Crippen molar-refractivity contribution in [3.05, 3.63) is 54.0 Å². The van der Waals surface area contributed by atoms with Crippen LogP contribution in [0.15, 0.2) is 47.1 Å². The minimum absolute atomic E-state index is 0.0652. The number of carbonyl (C=O) groups excluding carboxylic acids is 3. The van der Waals surface area contributed by atoms with Crippen LogP contribution in [-0.2, 0) is 16.1 Å². The van der Waals surface area contributed by atoms with Gasteiger partial charge >= 0.3 is 0 Å². The summed E-state index contributed by atoms with van der Waals surface area (Å²) in [7, 11) is 3.37. The molecule has 0 saturated carbocycles. The molecule has 0 spiro atoms. The average Bonchev–Trinajstić information content (AvgIpc) is 3.20. The van der Waals surface area contributed by atoms with Gasteiger partial charge in [-0.2, -0.15) is 0 Å². The third-order valence-corrected chi connectivity index (χ3v) is 4.21. The third-order valence-electron chi connectivity index (χ3n) is 4.21. The van der Waals surface area contributed by atoms with Gasteiger partial charge in [-0.1, -0.05) is 19.1 Å². The molecule has 156 valence electrons. The number of furan rings is 1. The molecule has 29 heavy (non-hydrogen) atoms. The highest BCUT2D eigenvalue weighted by atomic mass is 16.3. The first-order chi connectivity index (χ1) is 13.9. The fourth-order valence-corrected chi connectivity index (χ4v) is 2.72. The van der Waals surface area contributed by atoms with Gasteiger partial charge in [-0.15, -0.1) is 0 Å². The molecule has 1 aromatic heterocycles. The highest BCUT2D eigenvalue weighted by Crippen LogP contribution is 2.15. The fraction of sp³-hybridized carbons (Fsp3) is 0.381. The Labute approximate surface area is 170 Å². The van der Waals surface area contributed by atoms with Crippen LogP contribution in [0.2, 0.25) is 0 Å². The summed E-state index contributed by atoms with van der Waals surface area (Å²) >= 11 is 0. The van der Waals surface area contributed by atoms with Gasteiger partial charge in [-0.25, -0.2) is 0 Å². The molecule has 8 heteroatoms. The first kappa shape index (κ1) is 22.2. The number of benzene rings is 1. The summed E-state index contributed by atoms with van der Waals surface area (Å²) in [5, 5.41) is 5.56. The molecule has 0 aliphatic heterocycles. The van der Waals surface area contributed by atoms with Gasteiger partial charge in [0.25, 0.3) is 5.91 Å². The van der Waals surface area contributed by atoms with Crippen LogP contribution in [0, 0.1) is 0 Å². The van der Waals surface area contributed by atoms with E-state index in [1.807, 2.05) is 6.92 Å². The predicted molar refractivity (Wildman–Crippen MR) is 110 cm³/mol. The van der Waals surface area contributed by atoms with E-state index in [4.69, 9.17) is 4.42 Å². The molecule has 1 heterocycles. The number of carbonyl (C=O) groups is 3. The van der Waals surface area contributed by atoms with Gasteiger partial charge in [-0.05, 0) is 37.2 Å². The number of nitrogens with zero attached hydrogens (tertiary/aromatic N) is 2. The van der Waals surface area contributed by atoms with Gasteiger partial charge < -0.3 is 20.0 Å². The lowest BCUT2D eigenvalue weighted by molar-refractivity contribution is -0.130. The lowest BCUT2D eigenvalue weighted by atomic mass is 10.1. The lowest BCUT2D eigenvalue weighted by Gasteiger charge is -2.22. The SMILES string of the molecule is CCCN(CC(=O)Nc1ccccc1C(=O)NCc1ccco1)CC(=O)N(C)C. The van der Waals surface area contributed by atoms with Crippen LogP contribution in [0.25, 0.3) is 0 Å². The summed E-state index contributed by atoms with van der Waals surface area (Å²) < 4.78 is 5.21. The maximum absolute atomic E-state index is 12.5. The van der Waals surface area contributed by atoms with E-state index in [-0.39, 0.29) is 37.4 Å². The summed E-state index contributed by atoms with van der Waals surface area (Å²) in [5.41, 5.74) is 0.781. The zero-order valence-corrected chi connectivity index (χ0v) is 17.1. The molecule has 0 bridgehead atoms. The van der Waals surface area contributed by atoms with Crippen molar-refractivity contribution in [2.24, 2.45) is 0 Å². The molecule has 2 rings (SSSR count). The Bertz CT molecular complexity index is 818. The molecular formula is C21H28N4O4.